The molecule has 0 aliphatic carbocycles. The van der Waals surface area contributed by atoms with Gasteiger partial charge in [0.05, 0.1) is 0 Å². The lowest BCUT2D eigenvalue weighted by atomic mass is 9.89. The summed E-state index contributed by atoms with van der Waals surface area (Å²) in [5.74, 6) is -2.59. The average Bonchev–Trinajstić information content (AvgIpc) is 2.30. The minimum absolute atomic E-state index is 0.0366. The first-order chi connectivity index (χ1) is 8.08. The maximum atomic E-state index is 14.1. The molecule has 0 bridgehead atoms. The van der Waals surface area contributed by atoms with E-state index in [1.54, 1.807) is 12.1 Å². The number of rotatable bonds is 3. The van der Waals surface area contributed by atoms with Crippen LogP contribution in [-0.4, -0.2) is 13.1 Å². The van der Waals surface area contributed by atoms with Gasteiger partial charge >= 0.3 is 0 Å². The highest BCUT2D eigenvalue weighted by molar-refractivity contribution is 9.10. The average molecular weight is 304 g/mol. The van der Waals surface area contributed by atoms with Gasteiger partial charge in [-0.2, -0.15) is 0 Å². The predicted molar refractivity (Wildman–Crippen MR) is 68.2 cm³/mol. The van der Waals surface area contributed by atoms with Crippen molar-refractivity contribution in [2.24, 2.45) is 5.92 Å². The molecule has 1 aliphatic heterocycles. The van der Waals surface area contributed by atoms with Crippen LogP contribution in [0.5, 0.6) is 0 Å². The van der Waals surface area contributed by atoms with E-state index in [9.17, 15) is 8.78 Å². The Hall–Kier alpha value is -0.480. The Morgan fingerprint density at radius 2 is 2.00 bits per heavy atom. The third-order valence-corrected chi connectivity index (χ3v) is 3.74. The normalized spacial score (nSPS) is 18.3. The highest BCUT2D eigenvalue weighted by atomic mass is 79.9. The first-order valence-electron chi connectivity index (χ1n) is 5.92. The Labute approximate surface area is 109 Å². The smallest absolute Gasteiger partial charge is 0.273 e. The molecule has 1 aliphatic rings. The number of hydrogen-bond acceptors (Lipinski definition) is 1. The van der Waals surface area contributed by atoms with Gasteiger partial charge in [0.25, 0.3) is 5.92 Å². The summed E-state index contributed by atoms with van der Waals surface area (Å²) in [6, 6.07) is 6.45. The van der Waals surface area contributed by atoms with Crippen LogP contribution in [0.4, 0.5) is 8.78 Å². The van der Waals surface area contributed by atoms with Crippen LogP contribution in [-0.2, 0) is 5.92 Å². The predicted octanol–water partition coefficient (Wildman–Crippen LogP) is 3.93. The SMILES string of the molecule is FC(F)(CC1CCNCC1)c1cccc(Br)c1. The lowest BCUT2D eigenvalue weighted by molar-refractivity contribution is -0.0326. The van der Waals surface area contributed by atoms with Crippen LogP contribution < -0.4 is 5.32 Å². The monoisotopic (exact) mass is 303 g/mol. The number of halogens is 3. The number of benzene rings is 1. The first kappa shape index (κ1) is 13.0. The number of alkyl halides is 2. The zero-order valence-electron chi connectivity index (χ0n) is 9.56. The molecule has 1 aromatic rings. The van der Waals surface area contributed by atoms with Gasteiger partial charge < -0.3 is 5.32 Å². The van der Waals surface area contributed by atoms with Crippen LogP contribution in [0.2, 0.25) is 0 Å². The molecule has 0 unspecified atom stereocenters. The van der Waals surface area contributed by atoms with Gasteiger partial charge in [0, 0.05) is 16.5 Å². The molecule has 94 valence electrons. The molecule has 0 aromatic heterocycles. The summed E-state index contributed by atoms with van der Waals surface area (Å²) in [5.41, 5.74) is 0.116. The van der Waals surface area contributed by atoms with Gasteiger partial charge in [0.1, 0.15) is 0 Å². The van der Waals surface area contributed by atoms with Crippen LogP contribution in [0.3, 0.4) is 0 Å². The molecule has 1 nitrogen and oxygen atoms in total. The molecular weight excluding hydrogens is 288 g/mol. The Morgan fingerprint density at radius 1 is 1.29 bits per heavy atom. The topological polar surface area (TPSA) is 12.0 Å². The Kier molecular flexibility index (Phi) is 4.15. The second-order valence-electron chi connectivity index (χ2n) is 4.61. The van der Waals surface area contributed by atoms with Gasteiger partial charge in [-0.3, -0.25) is 0 Å². The van der Waals surface area contributed by atoms with Crippen LogP contribution in [0.1, 0.15) is 24.8 Å². The largest absolute Gasteiger partial charge is 0.317 e. The van der Waals surface area contributed by atoms with E-state index in [0.717, 1.165) is 25.9 Å². The maximum absolute atomic E-state index is 14.1. The quantitative estimate of drug-likeness (QED) is 0.892. The van der Waals surface area contributed by atoms with E-state index in [2.05, 4.69) is 21.2 Å². The summed E-state index contributed by atoms with van der Waals surface area (Å²) in [4.78, 5) is 0. The van der Waals surface area contributed by atoms with Crippen molar-refractivity contribution in [3.8, 4) is 0 Å². The third-order valence-electron chi connectivity index (χ3n) is 3.25. The minimum atomic E-state index is -2.72. The van der Waals surface area contributed by atoms with Crippen LogP contribution in [0, 0.1) is 5.92 Å². The molecule has 1 heterocycles. The molecule has 0 amide bonds. The molecule has 0 radical (unpaired) electrons. The van der Waals surface area contributed by atoms with E-state index < -0.39 is 5.92 Å². The van der Waals surface area contributed by atoms with Crippen molar-refractivity contribution in [1.82, 2.24) is 5.32 Å². The van der Waals surface area contributed by atoms with E-state index >= 15 is 0 Å². The molecule has 0 atom stereocenters. The molecule has 1 fully saturated rings. The van der Waals surface area contributed by atoms with Gasteiger partial charge in [0.2, 0.25) is 0 Å². The summed E-state index contributed by atoms with van der Waals surface area (Å²) >= 11 is 3.24. The van der Waals surface area contributed by atoms with Crippen molar-refractivity contribution in [3.63, 3.8) is 0 Å². The zero-order valence-corrected chi connectivity index (χ0v) is 11.1. The van der Waals surface area contributed by atoms with E-state index in [1.807, 2.05) is 0 Å². The fourth-order valence-electron chi connectivity index (χ4n) is 2.28. The van der Waals surface area contributed by atoms with Crippen molar-refractivity contribution in [2.45, 2.75) is 25.2 Å². The van der Waals surface area contributed by atoms with E-state index in [4.69, 9.17) is 0 Å². The van der Waals surface area contributed by atoms with E-state index in [1.165, 1.54) is 12.1 Å². The summed E-state index contributed by atoms with van der Waals surface area (Å²) < 4.78 is 28.9. The number of hydrogen-bond donors (Lipinski definition) is 1. The van der Waals surface area contributed by atoms with Crippen molar-refractivity contribution < 1.29 is 8.78 Å². The van der Waals surface area contributed by atoms with Gasteiger partial charge in [-0.25, -0.2) is 8.78 Å². The molecular formula is C13H16BrF2N. The highest BCUT2D eigenvalue weighted by Gasteiger charge is 2.35. The minimum Gasteiger partial charge on any atom is -0.317 e. The molecule has 4 heteroatoms. The molecule has 1 saturated heterocycles. The highest BCUT2D eigenvalue weighted by Crippen LogP contribution is 2.37. The summed E-state index contributed by atoms with van der Waals surface area (Å²) in [7, 11) is 0. The van der Waals surface area contributed by atoms with Crippen molar-refractivity contribution in [1.29, 1.82) is 0 Å². The van der Waals surface area contributed by atoms with Crippen LogP contribution >= 0.6 is 15.9 Å². The van der Waals surface area contributed by atoms with E-state index in [-0.39, 0.29) is 17.9 Å². The fourth-order valence-corrected chi connectivity index (χ4v) is 2.68. The van der Waals surface area contributed by atoms with Crippen molar-refractivity contribution >= 4 is 15.9 Å². The second-order valence-corrected chi connectivity index (χ2v) is 5.53. The van der Waals surface area contributed by atoms with E-state index in [0.29, 0.717) is 4.47 Å². The van der Waals surface area contributed by atoms with Gasteiger partial charge in [0.15, 0.2) is 0 Å². The molecule has 1 aromatic carbocycles. The van der Waals surface area contributed by atoms with Crippen LogP contribution in [0.15, 0.2) is 28.7 Å². The Bertz CT molecular complexity index is 375. The van der Waals surface area contributed by atoms with Crippen molar-refractivity contribution in [2.75, 3.05) is 13.1 Å². The Morgan fingerprint density at radius 3 is 2.65 bits per heavy atom. The Balaban J connectivity index is 2.06. The number of nitrogens with one attached hydrogen (secondary N) is 1. The summed E-state index contributed by atoms with van der Waals surface area (Å²) in [6.07, 6.45) is 1.66. The first-order valence-corrected chi connectivity index (χ1v) is 6.72. The molecule has 0 spiro atoms. The lowest BCUT2D eigenvalue weighted by Crippen LogP contribution is -2.30. The van der Waals surface area contributed by atoms with Gasteiger partial charge in [-0.1, -0.05) is 28.1 Å². The third kappa shape index (κ3) is 3.49. The van der Waals surface area contributed by atoms with Gasteiger partial charge in [-0.05, 0) is 44.0 Å². The second kappa shape index (κ2) is 5.44. The fraction of sp³-hybridized carbons (Fsp3) is 0.538. The van der Waals surface area contributed by atoms with Crippen molar-refractivity contribution in [3.05, 3.63) is 34.3 Å². The standard InChI is InChI=1S/C13H16BrF2N/c14-12-3-1-2-11(8-12)13(15,16)9-10-4-6-17-7-5-10/h1-3,8,10,17H,4-7,9H2. The molecule has 17 heavy (non-hydrogen) atoms. The zero-order chi connectivity index (χ0) is 12.3. The lowest BCUT2D eigenvalue weighted by Gasteiger charge is -2.27. The molecule has 2 rings (SSSR count). The summed E-state index contributed by atoms with van der Waals surface area (Å²) in [5, 5.41) is 3.20. The van der Waals surface area contributed by atoms with Crippen LogP contribution in [0.25, 0.3) is 0 Å². The molecule has 0 saturated carbocycles. The molecule has 1 N–H and O–H groups in total. The summed E-state index contributed by atoms with van der Waals surface area (Å²) in [6.45, 7) is 1.72. The number of piperidine rings is 1. The van der Waals surface area contributed by atoms with Gasteiger partial charge in [-0.15, -0.1) is 0 Å². The maximum Gasteiger partial charge on any atom is 0.273 e.